The summed E-state index contributed by atoms with van der Waals surface area (Å²) in [6.45, 7) is 3.29. The molecule has 3 rings (SSSR count). The van der Waals surface area contributed by atoms with Gasteiger partial charge in [0.15, 0.2) is 5.96 Å². The Hall–Kier alpha value is -1.64. The van der Waals surface area contributed by atoms with Gasteiger partial charge in [0, 0.05) is 45.8 Å². The summed E-state index contributed by atoms with van der Waals surface area (Å²) in [6.07, 6.45) is 2.97. The zero-order chi connectivity index (χ0) is 18.6. The first kappa shape index (κ1) is 19.1. The number of nitrogens with zero attached hydrogens (tertiary/aromatic N) is 2. The van der Waals surface area contributed by atoms with E-state index in [-0.39, 0.29) is 6.04 Å². The highest BCUT2D eigenvalue weighted by molar-refractivity contribution is 7.89. The highest BCUT2D eigenvalue weighted by atomic mass is 32.2. The van der Waals surface area contributed by atoms with E-state index in [1.165, 1.54) is 0 Å². The predicted molar refractivity (Wildman–Crippen MR) is 102 cm³/mol. The fourth-order valence-electron chi connectivity index (χ4n) is 3.19. The van der Waals surface area contributed by atoms with Crippen molar-refractivity contribution in [3.8, 4) is 0 Å². The number of aliphatic imine (C=N–C) groups is 1. The van der Waals surface area contributed by atoms with Crippen molar-refractivity contribution in [1.29, 1.82) is 0 Å². The van der Waals surface area contributed by atoms with Crippen molar-refractivity contribution in [2.24, 2.45) is 10.9 Å². The average molecular weight is 381 g/mol. The Morgan fingerprint density at radius 1 is 1.27 bits per heavy atom. The first-order valence-corrected chi connectivity index (χ1v) is 10.6. The van der Waals surface area contributed by atoms with Crippen molar-refractivity contribution in [3.05, 3.63) is 29.8 Å². The van der Waals surface area contributed by atoms with Gasteiger partial charge in [0.1, 0.15) is 0 Å². The number of rotatable bonds is 7. The van der Waals surface area contributed by atoms with Crippen molar-refractivity contribution in [3.63, 3.8) is 0 Å². The summed E-state index contributed by atoms with van der Waals surface area (Å²) < 4.78 is 32.3. The second-order valence-electron chi connectivity index (χ2n) is 7.00. The van der Waals surface area contributed by atoms with Crippen LogP contribution < -0.4 is 10.0 Å². The van der Waals surface area contributed by atoms with Crippen molar-refractivity contribution >= 4 is 16.0 Å². The SMILES string of the molecule is CN=C(NCc1ccc(S(=O)(=O)NC2CC2)cc1)N1CCC(COC)C1. The molecule has 1 aromatic carbocycles. The zero-order valence-corrected chi connectivity index (χ0v) is 16.3. The number of nitrogens with one attached hydrogen (secondary N) is 2. The van der Waals surface area contributed by atoms with Crippen LogP contribution in [0.3, 0.4) is 0 Å². The molecule has 1 heterocycles. The lowest BCUT2D eigenvalue weighted by atomic mass is 10.1. The number of hydrogen-bond donors (Lipinski definition) is 2. The van der Waals surface area contributed by atoms with Gasteiger partial charge < -0.3 is 15.0 Å². The quantitative estimate of drug-likeness (QED) is 0.548. The summed E-state index contributed by atoms with van der Waals surface area (Å²) in [5.41, 5.74) is 1.02. The summed E-state index contributed by atoms with van der Waals surface area (Å²) >= 11 is 0. The van der Waals surface area contributed by atoms with E-state index in [0.717, 1.165) is 50.5 Å². The Bertz CT molecular complexity index is 729. The number of hydrogen-bond acceptors (Lipinski definition) is 4. The lowest BCUT2D eigenvalue weighted by Crippen LogP contribution is -2.39. The third-order valence-electron chi connectivity index (χ3n) is 4.78. The fraction of sp³-hybridized carbons (Fsp3) is 0.611. The first-order valence-electron chi connectivity index (χ1n) is 9.07. The topological polar surface area (TPSA) is 83.0 Å². The van der Waals surface area contributed by atoms with Crippen LogP contribution in [0.15, 0.2) is 34.2 Å². The molecule has 2 N–H and O–H groups in total. The van der Waals surface area contributed by atoms with Crippen LogP contribution in [0.4, 0.5) is 0 Å². The molecular weight excluding hydrogens is 352 g/mol. The molecule has 0 spiro atoms. The summed E-state index contributed by atoms with van der Waals surface area (Å²) in [7, 11) is 0.130. The van der Waals surface area contributed by atoms with Crippen LogP contribution in [0.5, 0.6) is 0 Å². The van der Waals surface area contributed by atoms with Crippen LogP contribution in [0.25, 0.3) is 0 Å². The molecule has 8 heteroatoms. The third-order valence-corrected chi connectivity index (χ3v) is 6.32. The highest BCUT2D eigenvalue weighted by Crippen LogP contribution is 2.22. The second-order valence-corrected chi connectivity index (χ2v) is 8.71. The number of sulfonamides is 1. The minimum absolute atomic E-state index is 0.118. The van der Waals surface area contributed by atoms with Gasteiger partial charge >= 0.3 is 0 Å². The zero-order valence-electron chi connectivity index (χ0n) is 15.4. The molecule has 1 aliphatic heterocycles. The maximum Gasteiger partial charge on any atom is 0.240 e. The van der Waals surface area contributed by atoms with Crippen molar-refractivity contribution in [2.45, 2.75) is 36.7 Å². The van der Waals surface area contributed by atoms with Gasteiger partial charge in [0.05, 0.1) is 11.5 Å². The number of guanidine groups is 1. The predicted octanol–water partition coefficient (Wildman–Crippen LogP) is 1.17. The van der Waals surface area contributed by atoms with Gasteiger partial charge in [-0.15, -0.1) is 0 Å². The summed E-state index contributed by atoms with van der Waals surface area (Å²) in [5.74, 6) is 1.41. The molecule has 0 aromatic heterocycles. The summed E-state index contributed by atoms with van der Waals surface area (Å²) in [6, 6.07) is 7.13. The molecule has 0 radical (unpaired) electrons. The van der Waals surface area contributed by atoms with Crippen LogP contribution in [0.2, 0.25) is 0 Å². The number of ether oxygens (including phenoxy) is 1. The number of methoxy groups -OCH3 is 1. The molecule has 1 atom stereocenters. The fourth-order valence-corrected chi connectivity index (χ4v) is 4.49. The molecule has 26 heavy (non-hydrogen) atoms. The highest BCUT2D eigenvalue weighted by Gasteiger charge is 2.28. The van der Waals surface area contributed by atoms with Gasteiger partial charge in [-0.05, 0) is 37.0 Å². The smallest absolute Gasteiger partial charge is 0.240 e. The van der Waals surface area contributed by atoms with E-state index in [4.69, 9.17) is 4.74 Å². The minimum Gasteiger partial charge on any atom is -0.384 e. The Morgan fingerprint density at radius 3 is 2.62 bits per heavy atom. The normalized spacial score (nSPS) is 21.2. The van der Waals surface area contributed by atoms with Crippen LogP contribution in [0, 0.1) is 5.92 Å². The second kappa shape index (κ2) is 8.37. The summed E-state index contributed by atoms with van der Waals surface area (Å²) in [5, 5.41) is 3.36. The van der Waals surface area contributed by atoms with Gasteiger partial charge in [0.25, 0.3) is 0 Å². The van der Waals surface area contributed by atoms with Gasteiger partial charge in [-0.25, -0.2) is 13.1 Å². The Balaban J connectivity index is 1.54. The van der Waals surface area contributed by atoms with Gasteiger partial charge in [-0.1, -0.05) is 12.1 Å². The number of benzene rings is 1. The Kier molecular flexibility index (Phi) is 6.16. The standard InChI is InChI=1S/C18H28N4O3S/c1-19-18(22-10-9-15(12-22)13-25-2)20-11-14-3-7-17(8-4-14)26(23,24)21-16-5-6-16/h3-4,7-8,15-16,21H,5-6,9-13H2,1-2H3,(H,19,20). The molecule has 7 nitrogen and oxygen atoms in total. The summed E-state index contributed by atoms with van der Waals surface area (Å²) in [4.78, 5) is 6.92. The van der Waals surface area contributed by atoms with E-state index in [2.05, 4.69) is 19.9 Å². The molecular formula is C18H28N4O3S. The van der Waals surface area contributed by atoms with Gasteiger partial charge in [-0.3, -0.25) is 4.99 Å². The van der Waals surface area contributed by atoms with E-state index in [1.807, 2.05) is 12.1 Å². The molecule has 2 aliphatic rings. The lowest BCUT2D eigenvalue weighted by Gasteiger charge is -2.21. The van der Waals surface area contributed by atoms with Gasteiger partial charge in [0.2, 0.25) is 10.0 Å². The molecule has 1 saturated heterocycles. The third kappa shape index (κ3) is 4.96. The first-order chi connectivity index (χ1) is 12.5. The molecule has 1 aliphatic carbocycles. The molecule has 0 amide bonds. The van der Waals surface area contributed by atoms with E-state index in [9.17, 15) is 8.42 Å². The van der Waals surface area contributed by atoms with E-state index < -0.39 is 10.0 Å². The molecule has 1 aromatic rings. The molecule has 1 unspecified atom stereocenters. The molecule has 2 fully saturated rings. The van der Waals surface area contributed by atoms with Crippen LogP contribution in [0.1, 0.15) is 24.8 Å². The largest absolute Gasteiger partial charge is 0.384 e. The maximum atomic E-state index is 12.2. The van der Waals surface area contributed by atoms with Crippen molar-refractivity contribution in [2.75, 3.05) is 33.9 Å². The molecule has 1 saturated carbocycles. The maximum absolute atomic E-state index is 12.2. The monoisotopic (exact) mass is 380 g/mol. The van der Waals surface area contributed by atoms with Crippen LogP contribution in [-0.2, 0) is 21.3 Å². The average Bonchev–Trinajstić information content (AvgIpc) is 3.31. The minimum atomic E-state index is -3.39. The lowest BCUT2D eigenvalue weighted by molar-refractivity contribution is 0.157. The molecule has 144 valence electrons. The van der Waals surface area contributed by atoms with Crippen molar-refractivity contribution < 1.29 is 13.2 Å². The van der Waals surface area contributed by atoms with Crippen LogP contribution >= 0.6 is 0 Å². The molecule has 0 bridgehead atoms. The Morgan fingerprint density at radius 2 is 2.00 bits per heavy atom. The van der Waals surface area contributed by atoms with E-state index >= 15 is 0 Å². The van der Waals surface area contributed by atoms with Crippen LogP contribution in [-0.4, -0.2) is 59.2 Å². The van der Waals surface area contributed by atoms with Gasteiger partial charge in [-0.2, -0.15) is 0 Å². The van der Waals surface area contributed by atoms with Crippen molar-refractivity contribution in [1.82, 2.24) is 14.9 Å². The number of likely N-dealkylation sites (tertiary alicyclic amines) is 1. The Labute approximate surface area is 155 Å². The van der Waals surface area contributed by atoms with E-state index in [1.54, 1.807) is 26.3 Å². The van der Waals surface area contributed by atoms with E-state index in [0.29, 0.717) is 17.4 Å².